The standard InChI is InChI=1S/C12H11N3O3/c1-8-7-9(3-2-6-16)4-5-10(8)15-11(17)13-14-12(15)18/h4-5,7,16H,6H2,1H3,(H,13,17)(H,14,18). The molecule has 0 aliphatic heterocycles. The first-order chi connectivity index (χ1) is 8.63. The van der Waals surface area contributed by atoms with Gasteiger partial charge in [0.2, 0.25) is 0 Å². The minimum atomic E-state index is -0.516. The zero-order valence-electron chi connectivity index (χ0n) is 9.65. The van der Waals surface area contributed by atoms with Crippen LogP contribution in [0.25, 0.3) is 5.69 Å². The van der Waals surface area contributed by atoms with Gasteiger partial charge in [0.1, 0.15) is 6.61 Å². The first kappa shape index (κ1) is 12.0. The fraction of sp³-hybridized carbons (Fsp3) is 0.167. The van der Waals surface area contributed by atoms with Crippen LogP contribution in [0.2, 0.25) is 0 Å². The van der Waals surface area contributed by atoms with Gasteiger partial charge >= 0.3 is 11.4 Å². The molecule has 1 aromatic heterocycles. The Morgan fingerprint density at radius 2 is 1.94 bits per heavy atom. The topological polar surface area (TPSA) is 90.9 Å². The third-order valence-electron chi connectivity index (χ3n) is 2.43. The van der Waals surface area contributed by atoms with Crippen molar-refractivity contribution in [3.8, 4) is 17.5 Å². The van der Waals surface area contributed by atoms with E-state index in [4.69, 9.17) is 5.11 Å². The Morgan fingerprint density at radius 1 is 1.28 bits per heavy atom. The molecule has 18 heavy (non-hydrogen) atoms. The number of H-pyrrole nitrogens is 2. The summed E-state index contributed by atoms with van der Waals surface area (Å²) in [6.45, 7) is 1.57. The Hall–Kier alpha value is -2.52. The lowest BCUT2D eigenvalue weighted by molar-refractivity contribution is 0.350. The van der Waals surface area contributed by atoms with Crippen molar-refractivity contribution in [3.63, 3.8) is 0 Å². The molecular weight excluding hydrogens is 234 g/mol. The van der Waals surface area contributed by atoms with Crippen molar-refractivity contribution in [2.45, 2.75) is 6.92 Å². The Morgan fingerprint density at radius 3 is 2.50 bits per heavy atom. The van der Waals surface area contributed by atoms with Gasteiger partial charge < -0.3 is 5.11 Å². The molecule has 0 spiro atoms. The first-order valence-corrected chi connectivity index (χ1v) is 5.24. The third-order valence-corrected chi connectivity index (χ3v) is 2.43. The number of hydrogen-bond acceptors (Lipinski definition) is 3. The van der Waals surface area contributed by atoms with Crippen LogP contribution in [-0.4, -0.2) is 26.5 Å². The smallest absolute Gasteiger partial charge is 0.348 e. The van der Waals surface area contributed by atoms with Crippen LogP contribution < -0.4 is 11.4 Å². The molecule has 6 heteroatoms. The molecular formula is C12H11N3O3. The number of rotatable bonds is 1. The Kier molecular flexibility index (Phi) is 3.17. The van der Waals surface area contributed by atoms with Crippen molar-refractivity contribution in [1.29, 1.82) is 0 Å². The van der Waals surface area contributed by atoms with Gasteiger partial charge in [0.05, 0.1) is 5.69 Å². The average Bonchev–Trinajstić information content (AvgIpc) is 2.67. The lowest BCUT2D eigenvalue weighted by Gasteiger charge is -2.04. The van der Waals surface area contributed by atoms with Crippen LogP contribution in [0.3, 0.4) is 0 Å². The molecule has 2 aromatic rings. The molecule has 3 N–H and O–H groups in total. The number of nitrogens with one attached hydrogen (secondary N) is 2. The number of nitrogens with zero attached hydrogens (tertiary/aromatic N) is 1. The summed E-state index contributed by atoms with van der Waals surface area (Å²) < 4.78 is 1.01. The van der Waals surface area contributed by atoms with Crippen molar-refractivity contribution < 1.29 is 5.11 Å². The van der Waals surface area contributed by atoms with Crippen LogP contribution in [0, 0.1) is 18.8 Å². The minimum absolute atomic E-state index is 0.211. The number of aliphatic hydroxyl groups excluding tert-OH is 1. The second-order valence-electron chi connectivity index (χ2n) is 3.66. The van der Waals surface area contributed by atoms with Gasteiger partial charge in [0.25, 0.3) is 0 Å². The van der Waals surface area contributed by atoms with Crippen molar-refractivity contribution in [3.05, 3.63) is 50.3 Å². The number of aromatic nitrogens is 3. The lowest BCUT2D eigenvalue weighted by atomic mass is 10.1. The number of aliphatic hydroxyl groups is 1. The van der Waals surface area contributed by atoms with Crippen LogP contribution in [-0.2, 0) is 0 Å². The van der Waals surface area contributed by atoms with Gasteiger partial charge in [0, 0.05) is 5.56 Å². The third kappa shape index (κ3) is 2.12. The van der Waals surface area contributed by atoms with E-state index >= 15 is 0 Å². The highest BCUT2D eigenvalue weighted by atomic mass is 16.2. The van der Waals surface area contributed by atoms with Crippen LogP contribution in [0.1, 0.15) is 11.1 Å². The Labute approximate surface area is 102 Å². The minimum Gasteiger partial charge on any atom is -0.384 e. The van der Waals surface area contributed by atoms with Crippen molar-refractivity contribution >= 4 is 0 Å². The molecule has 0 atom stereocenters. The van der Waals surface area contributed by atoms with E-state index in [9.17, 15) is 9.59 Å². The van der Waals surface area contributed by atoms with Gasteiger partial charge in [-0.1, -0.05) is 11.8 Å². The second-order valence-corrected chi connectivity index (χ2v) is 3.66. The van der Waals surface area contributed by atoms with E-state index in [1.165, 1.54) is 0 Å². The molecule has 1 heterocycles. The molecule has 0 fully saturated rings. The molecule has 6 nitrogen and oxygen atoms in total. The van der Waals surface area contributed by atoms with E-state index in [-0.39, 0.29) is 6.61 Å². The van der Waals surface area contributed by atoms with Crippen LogP contribution in [0.4, 0.5) is 0 Å². The molecule has 0 saturated carbocycles. The predicted octanol–water partition coefficient (Wildman–Crippen LogP) is -0.494. The van der Waals surface area contributed by atoms with E-state index in [1.54, 1.807) is 25.1 Å². The molecule has 0 saturated heterocycles. The number of benzene rings is 1. The number of hydrogen-bond donors (Lipinski definition) is 3. The van der Waals surface area contributed by atoms with Crippen LogP contribution in [0.15, 0.2) is 27.8 Å². The molecule has 0 radical (unpaired) electrons. The molecule has 0 aliphatic carbocycles. The first-order valence-electron chi connectivity index (χ1n) is 5.24. The van der Waals surface area contributed by atoms with Gasteiger partial charge in [-0.25, -0.2) is 24.4 Å². The van der Waals surface area contributed by atoms with Gasteiger partial charge in [-0.2, -0.15) is 0 Å². The highest BCUT2D eigenvalue weighted by molar-refractivity contribution is 5.47. The summed E-state index contributed by atoms with van der Waals surface area (Å²) in [6.07, 6.45) is 0. The molecule has 92 valence electrons. The van der Waals surface area contributed by atoms with Crippen molar-refractivity contribution in [2.75, 3.05) is 6.61 Å². The summed E-state index contributed by atoms with van der Waals surface area (Å²) in [5.74, 6) is 5.29. The number of aryl methyl sites for hydroxylation is 1. The predicted molar refractivity (Wildman–Crippen MR) is 65.7 cm³/mol. The van der Waals surface area contributed by atoms with E-state index in [0.29, 0.717) is 11.3 Å². The molecule has 2 rings (SSSR count). The molecule has 0 bridgehead atoms. The van der Waals surface area contributed by atoms with Crippen LogP contribution >= 0.6 is 0 Å². The summed E-state index contributed by atoms with van der Waals surface area (Å²) in [6, 6.07) is 5.07. The van der Waals surface area contributed by atoms with Gasteiger partial charge in [-0.3, -0.25) is 0 Å². The molecule has 0 amide bonds. The highest BCUT2D eigenvalue weighted by Crippen LogP contribution is 2.12. The van der Waals surface area contributed by atoms with Crippen LogP contribution in [0.5, 0.6) is 0 Å². The SMILES string of the molecule is Cc1cc(C#CCO)ccc1-n1c(=O)[nH][nH]c1=O. The normalized spacial score (nSPS) is 9.89. The van der Waals surface area contributed by atoms with Gasteiger partial charge in [-0.15, -0.1) is 0 Å². The molecule has 0 aliphatic rings. The van der Waals surface area contributed by atoms with E-state index < -0.39 is 11.4 Å². The fourth-order valence-electron chi connectivity index (χ4n) is 1.66. The summed E-state index contributed by atoms with van der Waals surface area (Å²) in [4.78, 5) is 22.9. The maximum Gasteiger partial charge on any atom is 0.348 e. The largest absolute Gasteiger partial charge is 0.384 e. The fourth-order valence-corrected chi connectivity index (χ4v) is 1.66. The molecule has 1 aromatic carbocycles. The van der Waals surface area contributed by atoms with E-state index in [2.05, 4.69) is 22.0 Å². The van der Waals surface area contributed by atoms with Crippen molar-refractivity contribution in [2.24, 2.45) is 0 Å². The average molecular weight is 245 g/mol. The van der Waals surface area contributed by atoms with Gasteiger partial charge in [0.15, 0.2) is 0 Å². The quantitative estimate of drug-likeness (QED) is 0.592. The zero-order chi connectivity index (χ0) is 13.1. The van der Waals surface area contributed by atoms with E-state index in [0.717, 1.165) is 10.1 Å². The lowest BCUT2D eigenvalue weighted by Crippen LogP contribution is -2.25. The Bertz CT molecular complexity index is 713. The second kappa shape index (κ2) is 4.77. The van der Waals surface area contributed by atoms with Gasteiger partial charge in [-0.05, 0) is 30.7 Å². The maximum atomic E-state index is 11.5. The van der Waals surface area contributed by atoms with Crippen molar-refractivity contribution in [1.82, 2.24) is 14.8 Å². The maximum absolute atomic E-state index is 11.5. The highest BCUT2D eigenvalue weighted by Gasteiger charge is 2.08. The molecule has 0 unspecified atom stereocenters. The summed E-state index contributed by atoms with van der Waals surface area (Å²) >= 11 is 0. The monoisotopic (exact) mass is 245 g/mol. The summed E-state index contributed by atoms with van der Waals surface area (Å²) in [5.41, 5.74) is 0.920. The summed E-state index contributed by atoms with van der Waals surface area (Å²) in [5, 5.41) is 13.0. The zero-order valence-corrected chi connectivity index (χ0v) is 9.65. The summed E-state index contributed by atoms with van der Waals surface area (Å²) in [7, 11) is 0. The number of aromatic amines is 2. The Balaban J connectivity index is 2.55. The van der Waals surface area contributed by atoms with E-state index in [1.807, 2.05) is 0 Å².